The second-order valence-corrected chi connectivity index (χ2v) is 9.32. The highest BCUT2D eigenvalue weighted by molar-refractivity contribution is 7.98. The summed E-state index contributed by atoms with van der Waals surface area (Å²) in [5.41, 5.74) is 4.19. The minimum Gasteiger partial charge on any atom is -0.494 e. The van der Waals surface area contributed by atoms with E-state index in [1.54, 1.807) is 16.3 Å². The van der Waals surface area contributed by atoms with Crippen molar-refractivity contribution >= 4 is 39.1 Å². The highest BCUT2D eigenvalue weighted by Crippen LogP contribution is 2.28. The molecule has 0 atom stereocenters. The Hall–Kier alpha value is -3.10. The van der Waals surface area contributed by atoms with Gasteiger partial charge in [-0.15, -0.1) is 21.5 Å². The molecule has 0 aliphatic rings. The summed E-state index contributed by atoms with van der Waals surface area (Å²) in [7, 11) is 0. The van der Waals surface area contributed by atoms with Crippen LogP contribution in [0.15, 0.2) is 69.9 Å². The van der Waals surface area contributed by atoms with E-state index < -0.39 is 0 Å². The summed E-state index contributed by atoms with van der Waals surface area (Å²) in [6.45, 7) is 4.98. The summed E-state index contributed by atoms with van der Waals surface area (Å²) in [4.78, 5) is 13.3. The fraction of sp³-hybridized carbons (Fsp3) is 0.208. The summed E-state index contributed by atoms with van der Waals surface area (Å²) in [5.74, 6) is 2.10. The highest BCUT2D eigenvalue weighted by atomic mass is 32.2. The van der Waals surface area contributed by atoms with Crippen LogP contribution in [-0.4, -0.2) is 25.8 Å². The molecule has 0 saturated heterocycles. The maximum absolute atomic E-state index is 13.3. The van der Waals surface area contributed by atoms with E-state index in [4.69, 9.17) is 4.74 Å². The van der Waals surface area contributed by atoms with E-state index in [0.29, 0.717) is 23.6 Å². The molecule has 6 nitrogen and oxygen atoms in total. The van der Waals surface area contributed by atoms with Crippen molar-refractivity contribution in [2.45, 2.75) is 31.3 Å². The zero-order valence-electron chi connectivity index (χ0n) is 17.8. The van der Waals surface area contributed by atoms with Gasteiger partial charge in [0.2, 0.25) is 5.78 Å². The van der Waals surface area contributed by atoms with Gasteiger partial charge in [-0.05, 0) is 36.9 Å². The lowest BCUT2D eigenvalue weighted by Gasteiger charge is -2.13. The number of thiophene rings is 1. The highest BCUT2D eigenvalue weighted by Gasteiger charge is 2.19. The van der Waals surface area contributed by atoms with E-state index in [1.165, 1.54) is 22.5 Å². The molecule has 0 aliphatic heterocycles. The SMILES string of the molecule is CCOc1ccccc1Cn1c(=O)c2sccc2n2c(SCc3cccc(C)c3)nnc12. The second kappa shape index (κ2) is 8.80. The van der Waals surface area contributed by atoms with E-state index in [-0.39, 0.29) is 5.56 Å². The summed E-state index contributed by atoms with van der Waals surface area (Å²) < 4.78 is 10.2. The summed E-state index contributed by atoms with van der Waals surface area (Å²) in [6, 6.07) is 18.2. The molecule has 0 fully saturated rings. The monoisotopic (exact) mass is 462 g/mol. The molecule has 162 valence electrons. The molecular formula is C24H22N4O2S2. The minimum atomic E-state index is -0.0589. The summed E-state index contributed by atoms with van der Waals surface area (Å²) in [6.07, 6.45) is 0. The molecule has 2 aromatic carbocycles. The quantitative estimate of drug-likeness (QED) is 0.313. The van der Waals surface area contributed by atoms with Crippen molar-refractivity contribution in [3.8, 4) is 5.75 Å². The van der Waals surface area contributed by atoms with Crippen LogP contribution in [0, 0.1) is 6.92 Å². The number of rotatable bonds is 7. The predicted molar refractivity (Wildman–Crippen MR) is 130 cm³/mol. The Balaban J connectivity index is 1.60. The predicted octanol–water partition coefficient (Wildman–Crippen LogP) is 5.15. The molecular weight excluding hydrogens is 440 g/mol. The topological polar surface area (TPSA) is 61.4 Å². The van der Waals surface area contributed by atoms with Crippen LogP contribution in [-0.2, 0) is 12.3 Å². The average Bonchev–Trinajstić information content (AvgIpc) is 3.44. The number of fused-ring (bicyclic) bond motifs is 3. The third kappa shape index (κ3) is 3.80. The summed E-state index contributed by atoms with van der Waals surface area (Å²) in [5, 5.41) is 11.6. The van der Waals surface area contributed by atoms with Crippen molar-refractivity contribution in [2.75, 3.05) is 6.61 Å². The van der Waals surface area contributed by atoms with E-state index in [1.807, 2.05) is 47.0 Å². The first-order valence-electron chi connectivity index (χ1n) is 10.4. The zero-order valence-corrected chi connectivity index (χ0v) is 19.4. The second-order valence-electron chi connectivity index (χ2n) is 7.46. The number of hydrogen-bond acceptors (Lipinski definition) is 6. The Morgan fingerprint density at radius 1 is 1.09 bits per heavy atom. The largest absolute Gasteiger partial charge is 0.494 e. The fourth-order valence-corrected chi connectivity index (χ4v) is 5.49. The van der Waals surface area contributed by atoms with Crippen molar-refractivity contribution in [1.29, 1.82) is 0 Å². The van der Waals surface area contributed by atoms with E-state index in [2.05, 4.69) is 41.4 Å². The Morgan fingerprint density at radius 2 is 1.97 bits per heavy atom. The van der Waals surface area contributed by atoms with Crippen molar-refractivity contribution in [1.82, 2.24) is 19.2 Å². The number of thioether (sulfide) groups is 1. The van der Waals surface area contributed by atoms with Crippen LogP contribution in [0.3, 0.4) is 0 Å². The molecule has 0 aliphatic carbocycles. The molecule has 3 heterocycles. The molecule has 0 bridgehead atoms. The normalized spacial score (nSPS) is 11.4. The van der Waals surface area contributed by atoms with Crippen molar-refractivity contribution in [3.05, 3.63) is 87.0 Å². The zero-order chi connectivity index (χ0) is 22.1. The molecule has 0 radical (unpaired) electrons. The molecule has 0 unspecified atom stereocenters. The molecule has 0 saturated carbocycles. The molecule has 8 heteroatoms. The van der Waals surface area contributed by atoms with Crippen molar-refractivity contribution < 1.29 is 4.74 Å². The number of nitrogens with zero attached hydrogens (tertiary/aromatic N) is 4. The number of aromatic nitrogens is 4. The van der Waals surface area contributed by atoms with Gasteiger partial charge >= 0.3 is 0 Å². The van der Waals surface area contributed by atoms with E-state index in [9.17, 15) is 4.79 Å². The summed E-state index contributed by atoms with van der Waals surface area (Å²) >= 11 is 3.07. The number of para-hydroxylation sites is 1. The molecule has 0 amide bonds. The average molecular weight is 463 g/mol. The van der Waals surface area contributed by atoms with E-state index >= 15 is 0 Å². The number of benzene rings is 2. The molecule has 0 N–H and O–H groups in total. The maximum Gasteiger partial charge on any atom is 0.273 e. The molecule has 3 aromatic heterocycles. The van der Waals surface area contributed by atoms with Gasteiger partial charge in [-0.2, -0.15) is 0 Å². The third-order valence-corrected chi connectivity index (χ3v) is 7.13. The van der Waals surface area contributed by atoms with Crippen LogP contribution in [0.4, 0.5) is 0 Å². The number of ether oxygens (including phenoxy) is 1. The lowest BCUT2D eigenvalue weighted by molar-refractivity contribution is 0.336. The smallest absolute Gasteiger partial charge is 0.273 e. The number of hydrogen-bond donors (Lipinski definition) is 0. The molecule has 5 rings (SSSR count). The Kier molecular flexibility index (Phi) is 5.71. The minimum absolute atomic E-state index is 0.0589. The van der Waals surface area contributed by atoms with Gasteiger partial charge in [-0.3, -0.25) is 13.8 Å². The van der Waals surface area contributed by atoms with Gasteiger partial charge in [0.1, 0.15) is 10.4 Å². The van der Waals surface area contributed by atoms with Gasteiger partial charge in [0.05, 0.1) is 18.7 Å². The van der Waals surface area contributed by atoms with Crippen molar-refractivity contribution in [3.63, 3.8) is 0 Å². The maximum atomic E-state index is 13.3. The first kappa shape index (κ1) is 20.8. The lowest BCUT2D eigenvalue weighted by Crippen LogP contribution is -2.23. The third-order valence-electron chi connectivity index (χ3n) is 5.23. The van der Waals surface area contributed by atoms with Gasteiger partial charge in [0.15, 0.2) is 5.16 Å². The van der Waals surface area contributed by atoms with Gasteiger partial charge in [0, 0.05) is 11.3 Å². The van der Waals surface area contributed by atoms with Crippen LogP contribution in [0.2, 0.25) is 0 Å². The Morgan fingerprint density at radius 3 is 2.81 bits per heavy atom. The van der Waals surface area contributed by atoms with Crippen molar-refractivity contribution in [2.24, 2.45) is 0 Å². The van der Waals surface area contributed by atoms with E-state index in [0.717, 1.165) is 27.7 Å². The standard InChI is InChI=1S/C24H22N4O2S2/c1-3-30-20-10-5-4-9-18(20)14-27-22(29)21-19(11-12-31-21)28-23(27)25-26-24(28)32-15-17-8-6-7-16(2)13-17/h4-13H,3,14-15H2,1-2H3. The molecule has 0 spiro atoms. The van der Waals surface area contributed by atoms with Gasteiger partial charge in [0.25, 0.3) is 5.56 Å². The molecule has 5 aromatic rings. The van der Waals surface area contributed by atoms with Gasteiger partial charge in [-0.25, -0.2) is 0 Å². The van der Waals surface area contributed by atoms with Crippen LogP contribution >= 0.6 is 23.1 Å². The first-order chi connectivity index (χ1) is 15.7. The Bertz CT molecular complexity index is 1470. The van der Waals surface area contributed by atoms with Gasteiger partial charge < -0.3 is 4.74 Å². The number of aryl methyl sites for hydroxylation is 1. The fourth-order valence-electron chi connectivity index (χ4n) is 3.79. The lowest BCUT2D eigenvalue weighted by atomic mass is 10.2. The van der Waals surface area contributed by atoms with Gasteiger partial charge in [-0.1, -0.05) is 59.8 Å². The van der Waals surface area contributed by atoms with Crippen LogP contribution < -0.4 is 10.3 Å². The van der Waals surface area contributed by atoms with Crippen LogP contribution in [0.25, 0.3) is 16.0 Å². The van der Waals surface area contributed by atoms with Crippen LogP contribution in [0.1, 0.15) is 23.6 Å². The first-order valence-corrected chi connectivity index (χ1v) is 12.3. The van der Waals surface area contributed by atoms with Crippen LogP contribution in [0.5, 0.6) is 5.75 Å². The Labute approximate surface area is 193 Å². The molecule has 32 heavy (non-hydrogen) atoms.